The first kappa shape index (κ1) is 12.2. The van der Waals surface area contributed by atoms with E-state index in [1.165, 1.54) is 0 Å². The van der Waals surface area contributed by atoms with E-state index in [4.69, 9.17) is 9.84 Å². The molecule has 2 rings (SSSR count). The highest BCUT2D eigenvalue weighted by Crippen LogP contribution is 2.16. The largest absolute Gasteiger partial charge is 0.476 e. The van der Waals surface area contributed by atoms with E-state index in [9.17, 15) is 13.2 Å². The fraction of sp³-hybridized carbons (Fsp3) is 0.556. The summed E-state index contributed by atoms with van der Waals surface area (Å²) >= 11 is 0. The van der Waals surface area contributed by atoms with E-state index in [0.29, 0.717) is 32.8 Å². The maximum Gasteiger partial charge on any atom is 0.366 e. The lowest BCUT2D eigenvalue weighted by Gasteiger charge is -2.25. The Morgan fingerprint density at radius 3 is 2.65 bits per heavy atom. The minimum atomic E-state index is -3.86. The third kappa shape index (κ3) is 2.71. The zero-order chi connectivity index (χ0) is 12.5. The molecule has 2 heterocycles. The van der Waals surface area contributed by atoms with E-state index >= 15 is 0 Å². The fourth-order valence-corrected chi connectivity index (χ4v) is 2.77. The molecule has 1 N–H and O–H groups in total. The molecule has 0 amide bonds. The first-order chi connectivity index (χ1) is 7.99. The van der Waals surface area contributed by atoms with E-state index in [1.54, 1.807) is 0 Å². The summed E-state index contributed by atoms with van der Waals surface area (Å²) in [4.78, 5) is 16.3. The van der Waals surface area contributed by atoms with Gasteiger partial charge < -0.3 is 9.84 Å². The fourth-order valence-electron chi connectivity index (χ4n) is 1.69. The van der Waals surface area contributed by atoms with Gasteiger partial charge in [-0.25, -0.2) is 18.2 Å². The molecule has 7 nitrogen and oxygen atoms in total. The van der Waals surface area contributed by atoms with Gasteiger partial charge in [-0.15, -0.1) is 0 Å². The highest BCUT2D eigenvalue weighted by atomic mass is 32.2. The smallest absolute Gasteiger partial charge is 0.366 e. The molecule has 1 saturated heterocycles. The Kier molecular flexibility index (Phi) is 3.27. The van der Waals surface area contributed by atoms with Gasteiger partial charge in [0.05, 0.1) is 24.3 Å². The van der Waals surface area contributed by atoms with Crippen molar-refractivity contribution in [2.75, 3.05) is 32.8 Å². The summed E-state index contributed by atoms with van der Waals surface area (Å²) in [5.41, 5.74) is 0.268. The van der Waals surface area contributed by atoms with Gasteiger partial charge in [-0.2, -0.15) is 0 Å². The molecule has 1 fully saturated rings. The number of carbonyl (C=O) groups is 1. The number of nitrogens with zero attached hydrogens (tertiary/aromatic N) is 2. The minimum Gasteiger partial charge on any atom is -0.476 e. The summed E-state index contributed by atoms with van der Waals surface area (Å²) in [6.45, 7) is 2.90. The molecule has 94 valence electrons. The summed E-state index contributed by atoms with van der Waals surface area (Å²) in [6.07, 6.45) is 0. The number of rotatable bonds is 3. The van der Waals surface area contributed by atoms with E-state index in [0.717, 1.165) is 5.41 Å². The van der Waals surface area contributed by atoms with Gasteiger partial charge >= 0.3 is 5.97 Å². The Morgan fingerprint density at radius 1 is 1.47 bits per heavy atom. The van der Waals surface area contributed by atoms with Crippen LogP contribution in [0.25, 0.3) is 0 Å². The Hall–Kier alpha value is -1.25. The van der Waals surface area contributed by atoms with Crippen LogP contribution >= 0.6 is 0 Å². The lowest BCUT2D eigenvalue weighted by Crippen LogP contribution is -2.37. The zero-order valence-electron chi connectivity index (χ0n) is 9.00. The standard InChI is InChI=1S/C9H12N2O5S/c12-9(13)8-10-7(6-17(8,14)15)5-11-1-3-16-4-2-11/h6H,1-5H2,(H,12,13). The van der Waals surface area contributed by atoms with E-state index in [-0.39, 0.29) is 5.70 Å². The van der Waals surface area contributed by atoms with Crippen LogP contribution in [0, 0.1) is 0 Å². The molecule has 0 atom stereocenters. The van der Waals surface area contributed by atoms with Crippen molar-refractivity contribution in [3.05, 3.63) is 11.1 Å². The second-order valence-corrected chi connectivity index (χ2v) is 5.48. The predicted molar refractivity (Wildman–Crippen MR) is 59.3 cm³/mol. The Labute approximate surface area is 98.3 Å². The minimum absolute atomic E-state index is 0.268. The molecule has 0 radical (unpaired) electrons. The average molecular weight is 260 g/mol. The second-order valence-electron chi connectivity index (χ2n) is 3.76. The summed E-state index contributed by atoms with van der Waals surface area (Å²) in [6, 6.07) is 0. The van der Waals surface area contributed by atoms with Gasteiger partial charge in [0.2, 0.25) is 14.9 Å². The summed E-state index contributed by atoms with van der Waals surface area (Å²) in [7, 11) is -3.86. The molecular weight excluding hydrogens is 248 g/mol. The molecule has 17 heavy (non-hydrogen) atoms. The van der Waals surface area contributed by atoms with Gasteiger partial charge in [-0.1, -0.05) is 0 Å². The van der Waals surface area contributed by atoms with Crippen molar-refractivity contribution >= 4 is 20.9 Å². The van der Waals surface area contributed by atoms with E-state index < -0.39 is 20.9 Å². The third-order valence-corrected chi connectivity index (χ3v) is 3.87. The number of aliphatic carboxylic acids is 1. The van der Waals surface area contributed by atoms with Crippen LogP contribution in [0.1, 0.15) is 0 Å². The second kappa shape index (κ2) is 4.55. The van der Waals surface area contributed by atoms with Gasteiger partial charge in [0, 0.05) is 19.6 Å². The van der Waals surface area contributed by atoms with E-state index in [2.05, 4.69) is 4.99 Å². The third-order valence-electron chi connectivity index (χ3n) is 2.48. The lowest BCUT2D eigenvalue weighted by molar-refractivity contribution is -0.129. The van der Waals surface area contributed by atoms with Crippen LogP contribution in [0.3, 0.4) is 0 Å². The molecule has 0 saturated carbocycles. The predicted octanol–water partition coefficient (Wildman–Crippen LogP) is -0.928. The van der Waals surface area contributed by atoms with Crippen molar-refractivity contribution < 1.29 is 23.1 Å². The van der Waals surface area contributed by atoms with Crippen LogP contribution in [0.2, 0.25) is 0 Å². The Morgan fingerprint density at radius 2 is 2.12 bits per heavy atom. The van der Waals surface area contributed by atoms with Crippen molar-refractivity contribution in [1.29, 1.82) is 0 Å². The van der Waals surface area contributed by atoms with Crippen molar-refractivity contribution in [3.8, 4) is 0 Å². The number of morpholine rings is 1. The molecular formula is C9H12N2O5S. The topological polar surface area (TPSA) is 96.3 Å². The Balaban J connectivity index is 2.10. The van der Waals surface area contributed by atoms with Gasteiger partial charge in [0.15, 0.2) is 0 Å². The van der Waals surface area contributed by atoms with Crippen LogP contribution in [-0.2, 0) is 19.4 Å². The average Bonchev–Trinajstić information content (AvgIpc) is 2.55. The van der Waals surface area contributed by atoms with Crippen molar-refractivity contribution in [1.82, 2.24) is 4.90 Å². The number of aliphatic imine (C=N–C) groups is 1. The molecule has 0 bridgehead atoms. The highest BCUT2D eigenvalue weighted by Gasteiger charge is 2.31. The first-order valence-electron chi connectivity index (χ1n) is 5.07. The summed E-state index contributed by atoms with van der Waals surface area (Å²) in [5.74, 6) is -1.52. The molecule has 0 spiro atoms. The number of hydrogen-bond acceptors (Lipinski definition) is 6. The highest BCUT2D eigenvalue weighted by molar-refractivity contribution is 8.11. The van der Waals surface area contributed by atoms with Crippen molar-refractivity contribution in [2.45, 2.75) is 0 Å². The van der Waals surface area contributed by atoms with Crippen LogP contribution in [0.15, 0.2) is 16.1 Å². The lowest BCUT2D eigenvalue weighted by atomic mass is 10.4. The SMILES string of the molecule is O=C(O)C1=NC(CN2CCOCC2)=CS1(=O)=O. The molecule has 0 aromatic carbocycles. The number of ether oxygens (including phenoxy) is 1. The van der Waals surface area contributed by atoms with Crippen LogP contribution in [0.5, 0.6) is 0 Å². The summed E-state index contributed by atoms with van der Waals surface area (Å²) < 4.78 is 28.0. The Bertz CT molecular complexity index is 488. The van der Waals surface area contributed by atoms with Crippen molar-refractivity contribution in [3.63, 3.8) is 0 Å². The van der Waals surface area contributed by atoms with Crippen LogP contribution < -0.4 is 0 Å². The molecule has 2 aliphatic heterocycles. The van der Waals surface area contributed by atoms with E-state index in [1.807, 2.05) is 4.90 Å². The first-order valence-corrected chi connectivity index (χ1v) is 6.61. The number of sulfone groups is 1. The molecule has 0 aliphatic carbocycles. The monoisotopic (exact) mass is 260 g/mol. The quantitative estimate of drug-likeness (QED) is 0.704. The van der Waals surface area contributed by atoms with Gasteiger partial charge in [0.25, 0.3) is 0 Å². The maximum absolute atomic E-state index is 11.4. The van der Waals surface area contributed by atoms with Crippen LogP contribution in [-0.4, -0.2) is 62.3 Å². The molecule has 0 unspecified atom stereocenters. The number of carboxylic acid groups (broad SMARTS) is 1. The maximum atomic E-state index is 11.4. The number of hydrogen-bond donors (Lipinski definition) is 1. The molecule has 8 heteroatoms. The summed E-state index contributed by atoms with van der Waals surface area (Å²) in [5, 5.41) is 8.83. The zero-order valence-corrected chi connectivity index (χ0v) is 9.81. The molecule has 0 aromatic heterocycles. The molecule has 0 aromatic rings. The normalized spacial score (nSPS) is 24.2. The van der Waals surface area contributed by atoms with Gasteiger partial charge in [-0.05, 0) is 0 Å². The van der Waals surface area contributed by atoms with Gasteiger partial charge in [-0.3, -0.25) is 4.90 Å². The van der Waals surface area contributed by atoms with Crippen LogP contribution in [0.4, 0.5) is 0 Å². The van der Waals surface area contributed by atoms with Gasteiger partial charge in [0.1, 0.15) is 0 Å². The molecule has 2 aliphatic rings. The number of carboxylic acids is 1. The van der Waals surface area contributed by atoms with Crippen molar-refractivity contribution in [2.24, 2.45) is 4.99 Å².